The number of methoxy groups -OCH3 is 1. The van der Waals surface area contributed by atoms with E-state index in [-0.39, 0.29) is 16.6 Å². The van der Waals surface area contributed by atoms with Gasteiger partial charge < -0.3 is 9.47 Å². The van der Waals surface area contributed by atoms with Gasteiger partial charge in [-0.15, -0.1) is 0 Å². The Balaban J connectivity index is 1.26. The van der Waals surface area contributed by atoms with Crippen molar-refractivity contribution in [2.24, 2.45) is 5.92 Å². The lowest BCUT2D eigenvalue weighted by atomic mass is 9.75. The van der Waals surface area contributed by atoms with Gasteiger partial charge in [0.1, 0.15) is 6.61 Å². The topological polar surface area (TPSA) is 103 Å². The van der Waals surface area contributed by atoms with Crippen molar-refractivity contribution in [2.45, 2.75) is 55.8 Å². The van der Waals surface area contributed by atoms with Crippen molar-refractivity contribution >= 4 is 15.8 Å². The second-order valence-electron chi connectivity index (χ2n) is 9.70. The summed E-state index contributed by atoms with van der Waals surface area (Å²) < 4.78 is 39.3. The molecule has 5 rings (SSSR count). The molecule has 0 bridgehead atoms. The molecule has 0 saturated heterocycles. The molecule has 190 valence electrons. The number of aromatic nitrogens is 3. The zero-order valence-corrected chi connectivity index (χ0v) is 21.5. The third-order valence-electron chi connectivity index (χ3n) is 7.19. The molecule has 3 aromatic rings. The van der Waals surface area contributed by atoms with E-state index in [0.717, 1.165) is 48.9 Å². The number of pyridine rings is 1. The standard InChI is InChI=1S/C27H32N4O4S/c1-18(22-8-10-27(30-15-22)35-12-11-34-2)21-6-3-19-7-9-24(14-23(19)13-21)36(32,33)31-26-17-28-25(16-29-26)20-4-5-20/h7-10,14-18,20-21H,3-6,11-13H2,1-2H3,(H,29,31)/t18-,21?/m0/s1. The number of ether oxygens (including phenoxy) is 2. The van der Waals surface area contributed by atoms with Crippen molar-refractivity contribution < 1.29 is 17.9 Å². The first-order chi connectivity index (χ1) is 17.4. The van der Waals surface area contributed by atoms with Gasteiger partial charge in [-0.1, -0.05) is 19.1 Å². The normalized spacial score (nSPS) is 18.3. The molecule has 1 saturated carbocycles. The molecule has 8 nitrogen and oxygen atoms in total. The highest BCUT2D eigenvalue weighted by molar-refractivity contribution is 7.92. The van der Waals surface area contributed by atoms with Crippen molar-refractivity contribution in [3.8, 4) is 5.88 Å². The third kappa shape index (κ3) is 5.68. The SMILES string of the molecule is COCCOc1ccc([C@@H](C)C2CCc3ccc(S(=O)(=O)Nc4cnc(C5CC5)cn4)cc3C2)cn1. The van der Waals surface area contributed by atoms with Crippen LogP contribution in [-0.2, 0) is 27.6 Å². The van der Waals surface area contributed by atoms with Gasteiger partial charge in [-0.3, -0.25) is 9.71 Å². The van der Waals surface area contributed by atoms with Crippen LogP contribution in [0.3, 0.4) is 0 Å². The lowest BCUT2D eigenvalue weighted by molar-refractivity contribution is 0.143. The minimum absolute atomic E-state index is 0.241. The maximum absolute atomic E-state index is 13.1. The van der Waals surface area contributed by atoms with Crippen LogP contribution in [0.15, 0.2) is 53.8 Å². The first-order valence-corrected chi connectivity index (χ1v) is 14.0. The highest BCUT2D eigenvalue weighted by atomic mass is 32.2. The minimum atomic E-state index is -3.75. The second-order valence-corrected chi connectivity index (χ2v) is 11.4. The van der Waals surface area contributed by atoms with E-state index in [0.29, 0.717) is 30.9 Å². The monoisotopic (exact) mass is 508 g/mol. The van der Waals surface area contributed by atoms with Crippen LogP contribution < -0.4 is 9.46 Å². The molecule has 1 fully saturated rings. The van der Waals surface area contributed by atoms with Crippen LogP contribution in [0.1, 0.15) is 60.4 Å². The van der Waals surface area contributed by atoms with E-state index < -0.39 is 10.0 Å². The van der Waals surface area contributed by atoms with E-state index in [9.17, 15) is 8.42 Å². The number of fused-ring (bicyclic) bond motifs is 1. The summed E-state index contributed by atoms with van der Waals surface area (Å²) in [5.74, 6) is 1.99. The van der Waals surface area contributed by atoms with E-state index in [1.54, 1.807) is 19.4 Å². The van der Waals surface area contributed by atoms with Gasteiger partial charge in [0.25, 0.3) is 10.0 Å². The highest BCUT2D eigenvalue weighted by Crippen LogP contribution is 2.39. The summed E-state index contributed by atoms with van der Waals surface area (Å²) in [6.45, 7) is 3.20. The molecular formula is C27H32N4O4S. The summed E-state index contributed by atoms with van der Waals surface area (Å²) >= 11 is 0. The molecule has 0 spiro atoms. The van der Waals surface area contributed by atoms with Gasteiger partial charge in [-0.25, -0.2) is 18.4 Å². The molecule has 0 radical (unpaired) electrons. The second kappa shape index (κ2) is 10.5. The molecular weight excluding hydrogens is 476 g/mol. The van der Waals surface area contributed by atoms with Crippen molar-refractivity contribution in [2.75, 3.05) is 25.0 Å². The van der Waals surface area contributed by atoms with Crippen molar-refractivity contribution in [1.29, 1.82) is 0 Å². The van der Waals surface area contributed by atoms with Crippen LogP contribution in [-0.4, -0.2) is 43.7 Å². The van der Waals surface area contributed by atoms with E-state index >= 15 is 0 Å². The minimum Gasteiger partial charge on any atom is -0.475 e. The summed E-state index contributed by atoms with van der Waals surface area (Å²) in [6, 6.07) is 9.40. The quantitative estimate of drug-likeness (QED) is 0.403. The Hall–Kier alpha value is -3.04. The van der Waals surface area contributed by atoms with Gasteiger partial charge in [0.05, 0.1) is 29.6 Å². The third-order valence-corrected chi connectivity index (χ3v) is 8.54. The Bertz CT molecular complexity index is 1290. The zero-order valence-electron chi connectivity index (χ0n) is 20.7. The lowest BCUT2D eigenvalue weighted by Crippen LogP contribution is -2.21. The van der Waals surface area contributed by atoms with Crippen LogP contribution in [0, 0.1) is 5.92 Å². The Labute approximate surface area is 212 Å². The van der Waals surface area contributed by atoms with Crippen LogP contribution in [0.25, 0.3) is 0 Å². The molecule has 1 aromatic carbocycles. The van der Waals surface area contributed by atoms with Crippen LogP contribution in [0.4, 0.5) is 5.82 Å². The highest BCUT2D eigenvalue weighted by Gasteiger charge is 2.27. The number of aryl methyl sites for hydroxylation is 1. The number of rotatable bonds is 10. The predicted octanol–water partition coefficient (Wildman–Crippen LogP) is 4.48. The molecule has 36 heavy (non-hydrogen) atoms. The summed E-state index contributed by atoms with van der Waals surface area (Å²) in [7, 11) is -2.11. The van der Waals surface area contributed by atoms with Crippen molar-refractivity contribution in [1.82, 2.24) is 15.0 Å². The molecule has 2 aliphatic rings. The van der Waals surface area contributed by atoms with Gasteiger partial charge in [0.15, 0.2) is 5.82 Å². The van der Waals surface area contributed by atoms with Crippen molar-refractivity contribution in [3.63, 3.8) is 0 Å². The first kappa shape index (κ1) is 24.6. The fourth-order valence-electron chi connectivity index (χ4n) is 4.78. The first-order valence-electron chi connectivity index (χ1n) is 12.5. The molecule has 2 atom stereocenters. The Morgan fingerprint density at radius 2 is 1.86 bits per heavy atom. The van der Waals surface area contributed by atoms with Gasteiger partial charge in [0.2, 0.25) is 5.88 Å². The Kier molecular flexibility index (Phi) is 7.20. The van der Waals surface area contributed by atoms with Gasteiger partial charge in [-0.05, 0) is 72.8 Å². The fraction of sp³-hybridized carbons (Fsp3) is 0.444. The smallest absolute Gasteiger partial charge is 0.263 e. The molecule has 0 aliphatic heterocycles. The van der Waals surface area contributed by atoms with Gasteiger partial charge >= 0.3 is 0 Å². The predicted molar refractivity (Wildman–Crippen MR) is 137 cm³/mol. The lowest BCUT2D eigenvalue weighted by Gasteiger charge is -2.30. The number of anilines is 1. The van der Waals surface area contributed by atoms with Crippen molar-refractivity contribution in [3.05, 3.63) is 71.3 Å². The molecule has 2 aliphatic carbocycles. The molecule has 2 heterocycles. The van der Waals surface area contributed by atoms with E-state index in [1.807, 2.05) is 24.4 Å². The molecule has 9 heteroatoms. The van der Waals surface area contributed by atoms with Crippen LogP contribution >= 0.6 is 0 Å². The number of hydrogen-bond acceptors (Lipinski definition) is 7. The number of sulfonamides is 1. The zero-order chi connectivity index (χ0) is 25.1. The summed E-state index contributed by atoms with van der Waals surface area (Å²) in [5, 5.41) is 0. The molecule has 1 unspecified atom stereocenters. The van der Waals surface area contributed by atoms with Gasteiger partial charge in [0, 0.05) is 25.3 Å². The fourth-order valence-corrected chi connectivity index (χ4v) is 5.82. The largest absolute Gasteiger partial charge is 0.475 e. The number of nitrogens with one attached hydrogen (secondary N) is 1. The molecule has 0 amide bonds. The van der Waals surface area contributed by atoms with E-state index in [2.05, 4.69) is 32.7 Å². The summed E-state index contributed by atoms with van der Waals surface area (Å²) in [5.41, 5.74) is 4.38. The van der Waals surface area contributed by atoms with Gasteiger partial charge in [-0.2, -0.15) is 0 Å². The maximum Gasteiger partial charge on any atom is 0.263 e. The van der Waals surface area contributed by atoms with Crippen LogP contribution in [0.5, 0.6) is 5.88 Å². The van der Waals surface area contributed by atoms with E-state index in [1.165, 1.54) is 11.8 Å². The van der Waals surface area contributed by atoms with Crippen LogP contribution in [0.2, 0.25) is 0 Å². The Morgan fingerprint density at radius 1 is 1.00 bits per heavy atom. The van der Waals surface area contributed by atoms with E-state index in [4.69, 9.17) is 9.47 Å². The average Bonchev–Trinajstić information content (AvgIpc) is 3.74. The summed E-state index contributed by atoms with van der Waals surface area (Å²) in [4.78, 5) is 13.3. The number of nitrogens with zero attached hydrogens (tertiary/aromatic N) is 3. The average molecular weight is 509 g/mol. The maximum atomic E-state index is 13.1. The number of hydrogen-bond donors (Lipinski definition) is 1. The molecule has 2 aromatic heterocycles. The summed E-state index contributed by atoms with van der Waals surface area (Å²) in [6.07, 6.45) is 10.1. The Morgan fingerprint density at radius 3 is 2.56 bits per heavy atom. The number of benzene rings is 1. The molecule has 1 N–H and O–H groups in total.